The zero-order valence-corrected chi connectivity index (χ0v) is 9.79. The fourth-order valence-electron chi connectivity index (χ4n) is 1.27. The first kappa shape index (κ1) is 10.8. The van der Waals surface area contributed by atoms with E-state index in [1.165, 1.54) is 5.19 Å². The highest BCUT2D eigenvalue weighted by Gasteiger charge is 2.21. The molecular weight excluding hydrogens is 188 g/mol. The fraction of sp³-hybridized carbons (Fsp3) is 0.167. The molecule has 1 aromatic carbocycles. The van der Waals surface area contributed by atoms with Gasteiger partial charge in [-0.1, -0.05) is 35.3 Å². The molecule has 0 atom stereocenters. The van der Waals surface area contributed by atoms with Gasteiger partial charge in [-0.15, -0.1) is 13.2 Å². The summed E-state index contributed by atoms with van der Waals surface area (Å²) in [5.41, 5.74) is 4.06. The van der Waals surface area contributed by atoms with Gasteiger partial charge in [-0.25, -0.2) is 0 Å². The van der Waals surface area contributed by atoms with Crippen LogP contribution >= 0.6 is 0 Å². The molecule has 0 bridgehead atoms. The predicted octanol–water partition coefficient (Wildman–Crippen LogP) is 2.43. The van der Waals surface area contributed by atoms with E-state index in [9.17, 15) is 0 Å². The van der Waals surface area contributed by atoms with E-state index in [1.54, 1.807) is 7.11 Å². The Morgan fingerprint density at radius 1 is 1.14 bits per heavy atom. The number of ether oxygens (including phenoxy) is 1. The second-order valence-corrected chi connectivity index (χ2v) is 7.38. The SMILES string of the molecule is C=C[Si](C)(C=C)c1ccc(OC)cc1. The third-order valence-electron chi connectivity index (χ3n) is 2.56. The van der Waals surface area contributed by atoms with Gasteiger partial charge in [-0.05, 0) is 12.1 Å². The van der Waals surface area contributed by atoms with E-state index in [0.29, 0.717) is 0 Å². The first-order valence-corrected chi connectivity index (χ1v) is 7.23. The molecule has 74 valence electrons. The molecule has 0 saturated heterocycles. The lowest BCUT2D eigenvalue weighted by atomic mass is 10.3. The van der Waals surface area contributed by atoms with Crippen LogP contribution in [0.2, 0.25) is 6.55 Å². The van der Waals surface area contributed by atoms with Gasteiger partial charge in [0.25, 0.3) is 0 Å². The van der Waals surface area contributed by atoms with Gasteiger partial charge in [-0.3, -0.25) is 0 Å². The lowest BCUT2D eigenvalue weighted by Gasteiger charge is -2.18. The van der Waals surface area contributed by atoms with Crippen LogP contribution in [0.1, 0.15) is 0 Å². The smallest absolute Gasteiger partial charge is 0.129 e. The van der Waals surface area contributed by atoms with Crippen molar-refractivity contribution in [2.75, 3.05) is 7.11 Å². The molecule has 1 aromatic rings. The molecule has 0 saturated carbocycles. The Balaban J connectivity index is 3.07. The Morgan fingerprint density at radius 3 is 2.00 bits per heavy atom. The minimum absolute atomic E-state index is 0.887. The van der Waals surface area contributed by atoms with Crippen LogP contribution in [0.5, 0.6) is 5.75 Å². The Bertz CT molecular complexity index is 319. The number of hydrogen-bond acceptors (Lipinski definition) is 1. The van der Waals surface area contributed by atoms with E-state index in [1.807, 2.05) is 23.5 Å². The van der Waals surface area contributed by atoms with E-state index in [-0.39, 0.29) is 0 Å². The molecule has 0 heterocycles. The van der Waals surface area contributed by atoms with Crippen molar-refractivity contribution < 1.29 is 4.74 Å². The van der Waals surface area contributed by atoms with Crippen LogP contribution in [-0.2, 0) is 0 Å². The molecule has 0 fully saturated rings. The van der Waals surface area contributed by atoms with E-state index >= 15 is 0 Å². The van der Waals surface area contributed by atoms with Crippen molar-refractivity contribution in [3.8, 4) is 5.75 Å². The first-order valence-electron chi connectivity index (χ1n) is 4.58. The maximum atomic E-state index is 5.11. The van der Waals surface area contributed by atoms with E-state index in [4.69, 9.17) is 4.74 Å². The molecule has 14 heavy (non-hydrogen) atoms. The second-order valence-electron chi connectivity index (χ2n) is 3.42. The van der Waals surface area contributed by atoms with Gasteiger partial charge in [0.05, 0.1) is 7.11 Å². The molecular formula is C12H16OSi. The van der Waals surface area contributed by atoms with Crippen LogP contribution in [-0.4, -0.2) is 15.2 Å². The van der Waals surface area contributed by atoms with Crippen molar-refractivity contribution in [3.63, 3.8) is 0 Å². The number of hydrogen-bond donors (Lipinski definition) is 0. The molecule has 0 aliphatic carbocycles. The zero-order valence-electron chi connectivity index (χ0n) is 8.79. The van der Waals surface area contributed by atoms with Crippen molar-refractivity contribution in [3.05, 3.63) is 48.8 Å². The molecule has 0 N–H and O–H groups in total. The molecule has 0 aliphatic heterocycles. The Kier molecular flexibility index (Phi) is 3.31. The second kappa shape index (κ2) is 4.29. The Hall–Kier alpha value is -1.28. The molecule has 0 radical (unpaired) electrons. The lowest BCUT2D eigenvalue weighted by molar-refractivity contribution is 0.415. The van der Waals surface area contributed by atoms with Crippen LogP contribution in [0, 0.1) is 0 Å². The van der Waals surface area contributed by atoms with Gasteiger partial charge in [-0.2, -0.15) is 0 Å². The normalized spacial score (nSPS) is 10.7. The van der Waals surface area contributed by atoms with Gasteiger partial charge in [0.2, 0.25) is 0 Å². The number of rotatable bonds is 4. The maximum Gasteiger partial charge on any atom is 0.129 e. The third-order valence-corrected chi connectivity index (χ3v) is 5.83. The van der Waals surface area contributed by atoms with Gasteiger partial charge in [0.1, 0.15) is 13.8 Å². The summed E-state index contributed by atoms with van der Waals surface area (Å²) in [6.45, 7) is 9.98. The average molecular weight is 204 g/mol. The summed E-state index contributed by atoms with van der Waals surface area (Å²) >= 11 is 0. The van der Waals surface area contributed by atoms with Crippen LogP contribution < -0.4 is 9.92 Å². The first-order chi connectivity index (χ1) is 6.66. The largest absolute Gasteiger partial charge is 0.497 e. The standard InChI is InChI=1S/C12H16OSi/c1-5-14(4,6-2)12-9-7-11(13-3)8-10-12/h5-10H,1-2H2,3-4H3. The van der Waals surface area contributed by atoms with Crippen molar-refractivity contribution >= 4 is 13.3 Å². The van der Waals surface area contributed by atoms with Gasteiger partial charge in [0.15, 0.2) is 0 Å². The van der Waals surface area contributed by atoms with Crippen molar-refractivity contribution in [2.45, 2.75) is 6.55 Å². The minimum Gasteiger partial charge on any atom is -0.497 e. The Morgan fingerprint density at radius 2 is 1.64 bits per heavy atom. The van der Waals surface area contributed by atoms with E-state index in [2.05, 4.69) is 31.8 Å². The number of benzene rings is 1. The third kappa shape index (κ3) is 1.96. The van der Waals surface area contributed by atoms with Crippen LogP contribution in [0.3, 0.4) is 0 Å². The van der Waals surface area contributed by atoms with Crippen LogP contribution in [0.4, 0.5) is 0 Å². The highest BCUT2D eigenvalue weighted by molar-refractivity contribution is 6.98. The summed E-state index contributed by atoms with van der Waals surface area (Å²) in [7, 11) is 0.0363. The van der Waals surface area contributed by atoms with Crippen LogP contribution in [0.15, 0.2) is 48.8 Å². The monoisotopic (exact) mass is 204 g/mol. The quantitative estimate of drug-likeness (QED) is 0.684. The summed E-state index contributed by atoms with van der Waals surface area (Å²) in [5, 5.41) is 1.31. The molecule has 0 amide bonds. The van der Waals surface area contributed by atoms with Crippen molar-refractivity contribution in [1.82, 2.24) is 0 Å². The highest BCUT2D eigenvalue weighted by atomic mass is 28.3. The molecule has 1 rings (SSSR count). The van der Waals surface area contributed by atoms with E-state index < -0.39 is 8.07 Å². The maximum absolute atomic E-state index is 5.11. The summed E-state index contributed by atoms with van der Waals surface area (Å²) in [5.74, 6) is 0.887. The molecule has 1 nitrogen and oxygen atoms in total. The predicted molar refractivity (Wildman–Crippen MR) is 64.6 cm³/mol. The summed E-state index contributed by atoms with van der Waals surface area (Å²) in [4.78, 5) is 0. The topological polar surface area (TPSA) is 9.23 Å². The average Bonchev–Trinajstić information content (AvgIpc) is 2.28. The summed E-state index contributed by atoms with van der Waals surface area (Å²) in [6, 6.07) is 8.14. The van der Waals surface area contributed by atoms with Crippen molar-refractivity contribution in [2.24, 2.45) is 0 Å². The molecule has 0 aliphatic rings. The van der Waals surface area contributed by atoms with E-state index in [0.717, 1.165) is 5.75 Å². The van der Waals surface area contributed by atoms with Crippen molar-refractivity contribution in [1.29, 1.82) is 0 Å². The molecule has 2 heteroatoms. The minimum atomic E-state index is -1.64. The number of methoxy groups -OCH3 is 1. The molecule has 0 unspecified atom stereocenters. The highest BCUT2D eigenvalue weighted by Crippen LogP contribution is 2.11. The van der Waals surface area contributed by atoms with Gasteiger partial charge < -0.3 is 4.74 Å². The Labute approximate surface area is 86.7 Å². The summed E-state index contributed by atoms with van der Waals surface area (Å²) in [6.07, 6.45) is 0. The fourth-order valence-corrected chi connectivity index (χ4v) is 2.79. The molecule has 0 spiro atoms. The lowest BCUT2D eigenvalue weighted by Crippen LogP contribution is -2.40. The van der Waals surface area contributed by atoms with Crippen LogP contribution in [0.25, 0.3) is 0 Å². The summed E-state index contributed by atoms with van der Waals surface area (Å²) < 4.78 is 5.11. The zero-order chi connectivity index (χ0) is 10.6. The molecule has 0 aromatic heterocycles. The van der Waals surface area contributed by atoms with Gasteiger partial charge in [0, 0.05) is 0 Å². The van der Waals surface area contributed by atoms with Gasteiger partial charge >= 0.3 is 0 Å².